The first kappa shape index (κ1) is 29.4. The number of methoxy groups -OCH3 is 1. The molecule has 2 atom stereocenters. The third-order valence-electron chi connectivity index (χ3n) is 4.91. The fourth-order valence-electron chi connectivity index (χ4n) is 3.14. The minimum atomic E-state index is -4.20. The van der Waals surface area contributed by atoms with E-state index in [1.807, 2.05) is 0 Å². The molecule has 0 aromatic heterocycles. The average molecular weight is 494 g/mol. The van der Waals surface area contributed by atoms with Crippen molar-refractivity contribution in [2.75, 3.05) is 20.2 Å². The normalized spacial score (nSPS) is 21.2. The Balaban J connectivity index is 2.26. The van der Waals surface area contributed by atoms with Gasteiger partial charge in [0.2, 0.25) is 11.8 Å². The monoisotopic (exact) mass is 494 g/mol. The predicted octanol–water partition coefficient (Wildman–Crippen LogP) is 3.96. The number of unbranched alkanes of at least 4 members (excludes halogenated alkanes) is 4. The first-order chi connectivity index (χ1) is 15.4. The van der Waals surface area contributed by atoms with E-state index in [9.17, 15) is 35.9 Å². The van der Waals surface area contributed by atoms with Gasteiger partial charge in [0, 0.05) is 45.9 Å². The summed E-state index contributed by atoms with van der Waals surface area (Å²) in [6, 6.07) is 0. The molecule has 0 aromatic carbocycles. The lowest BCUT2D eigenvalue weighted by molar-refractivity contribution is -0.227. The third-order valence-corrected chi connectivity index (χ3v) is 4.91. The van der Waals surface area contributed by atoms with Gasteiger partial charge in [0.1, 0.15) is 12.2 Å². The number of nitrogens with one attached hydrogen (secondary N) is 2. The van der Waals surface area contributed by atoms with Gasteiger partial charge in [-0.2, -0.15) is 26.3 Å². The van der Waals surface area contributed by atoms with Crippen LogP contribution in [0.4, 0.5) is 26.3 Å². The van der Waals surface area contributed by atoms with Crippen LogP contribution in [0.1, 0.15) is 64.2 Å². The molecule has 0 aliphatic carbocycles. The summed E-state index contributed by atoms with van der Waals surface area (Å²) in [5, 5.41) is 5.26. The highest BCUT2D eigenvalue weighted by atomic mass is 19.4. The van der Waals surface area contributed by atoms with Crippen LogP contribution in [0, 0.1) is 0 Å². The first-order valence-corrected chi connectivity index (χ1v) is 10.9. The number of rotatable bonds is 15. The van der Waals surface area contributed by atoms with Gasteiger partial charge in [-0.15, -0.1) is 0 Å². The lowest BCUT2D eigenvalue weighted by Gasteiger charge is -2.17. The van der Waals surface area contributed by atoms with Gasteiger partial charge in [0.15, 0.2) is 0 Å². The third kappa shape index (κ3) is 15.0. The Labute approximate surface area is 188 Å². The SMILES string of the molecule is COC1OC(CNC(=O)CCCCCC(F)(F)F)C(CNC(=O)CCCCCC(F)(F)F)O1. The van der Waals surface area contributed by atoms with Gasteiger partial charge in [-0.05, 0) is 25.7 Å². The van der Waals surface area contributed by atoms with Crippen molar-refractivity contribution < 1.29 is 50.1 Å². The van der Waals surface area contributed by atoms with E-state index in [4.69, 9.17) is 14.2 Å². The average Bonchev–Trinajstić information content (AvgIpc) is 3.10. The van der Waals surface area contributed by atoms with E-state index in [-0.39, 0.29) is 63.4 Å². The molecule has 0 saturated carbocycles. The Bertz CT molecular complexity index is 540. The van der Waals surface area contributed by atoms with Crippen molar-refractivity contribution >= 4 is 11.8 Å². The molecule has 1 heterocycles. The van der Waals surface area contributed by atoms with E-state index in [1.54, 1.807) is 0 Å². The van der Waals surface area contributed by atoms with E-state index in [0.717, 1.165) is 0 Å². The Morgan fingerprint density at radius 1 is 0.727 bits per heavy atom. The highest BCUT2D eigenvalue weighted by molar-refractivity contribution is 5.76. The van der Waals surface area contributed by atoms with E-state index in [1.165, 1.54) is 7.11 Å². The molecule has 0 radical (unpaired) electrons. The molecule has 194 valence electrons. The van der Waals surface area contributed by atoms with Crippen LogP contribution in [0.25, 0.3) is 0 Å². The van der Waals surface area contributed by atoms with Crippen molar-refractivity contribution in [1.82, 2.24) is 10.6 Å². The molecule has 1 rings (SSSR count). The Hall–Kier alpha value is -1.60. The lowest BCUT2D eigenvalue weighted by atomic mass is 10.1. The van der Waals surface area contributed by atoms with Crippen molar-refractivity contribution in [3.05, 3.63) is 0 Å². The molecule has 1 aliphatic rings. The predicted molar refractivity (Wildman–Crippen MR) is 105 cm³/mol. The number of amides is 2. The largest absolute Gasteiger partial charge is 0.389 e. The maximum Gasteiger partial charge on any atom is 0.389 e. The Morgan fingerprint density at radius 3 is 1.45 bits per heavy atom. The maximum atomic E-state index is 12.1. The van der Waals surface area contributed by atoms with Crippen molar-refractivity contribution in [2.45, 2.75) is 95.2 Å². The lowest BCUT2D eigenvalue weighted by Crippen LogP contribution is -2.43. The number of carbonyl (C=O) groups excluding carboxylic acids is 2. The van der Waals surface area contributed by atoms with E-state index < -0.39 is 43.9 Å². The summed E-state index contributed by atoms with van der Waals surface area (Å²) in [5.41, 5.74) is 0. The molecule has 2 N–H and O–H groups in total. The van der Waals surface area contributed by atoms with Crippen LogP contribution >= 0.6 is 0 Å². The zero-order valence-electron chi connectivity index (χ0n) is 18.5. The Kier molecular flexibility index (Phi) is 13.0. The fourth-order valence-corrected chi connectivity index (χ4v) is 3.14. The second-order valence-electron chi connectivity index (χ2n) is 7.83. The van der Waals surface area contributed by atoms with Crippen LogP contribution in [0.15, 0.2) is 0 Å². The molecule has 1 fully saturated rings. The number of ether oxygens (including phenoxy) is 3. The van der Waals surface area contributed by atoms with E-state index in [0.29, 0.717) is 12.8 Å². The Morgan fingerprint density at radius 2 is 1.12 bits per heavy atom. The maximum absolute atomic E-state index is 12.1. The molecule has 1 saturated heterocycles. The van der Waals surface area contributed by atoms with Crippen LogP contribution in [-0.2, 0) is 23.8 Å². The zero-order valence-corrected chi connectivity index (χ0v) is 18.5. The van der Waals surface area contributed by atoms with Gasteiger partial charge in [-0.3, -0.25) is 9.59 Å². The minimum absolute atomic E-state index is 0.0318. The van der Waals surface area contributed by atoms with Crippen LogP contribution in [0.3, 0.4) is 0 Å². The molecule has 2 unspecified atom stereocenters. The molecule has 33 heavy (non-hydrogen) atoms. The van der Waals surface area contributed by atoms with Crippen molar-refractivity contribution in [3.8, 4) is 0 Å². The summed E-state index contributed by atoms with van der Waals surface area (Å²) in [6.07, 6.45) is -10.1. The van der Waals surface area contributed by atoms with Gasteiger partial charge in [-0.1, -0.05) is 12.8 Å². The smallest absolute Gasteiger partial charge is 0.353 e. The van der Waals surface area contributed by atoms with Gasteiger partial charge in [-0.25, -0.2) is 0 Å². The molecule has 13 heteroatoms. The van der Waals surface area contributed by atoms with Gasteiger partial charge >= 0.3 is 12.4 Å². The van der Waals surface area contributed by atoms with Gasteiger partial charge < -0.3 is 24.8 Å². The van der Waals surface area contributed by atoms with Crippen molar-refractivity contribution in [2.24, 2.45) is 0 Å². The molecular formula is C20H32F6N2O5. The molecule has 1 aliphatic heterocycles. The number of halogens is 6. The number of carbonyl (C=O) groups is 2. The zero-order chi connectivity index (χ0) is 24.9. The summed E-state index contributed by atoms with van der Waals surface area (Å²) in [7, 11) is 1.35. The number of alkyl halides is 6. The first-order valence-electron chi connectivity index (χ1n) is 10.9. The summed E-state index contributed by atoms with van der Waals surface area (Å²) < 4.78 is 88.5. The van der Waals surface area contributed by atoms with Gasteiger partial charge in [0.25, 0.3) is 6.48 Å². The highest BCUT2D eigenvalue weighted by Crippen LogP contribution is 2.24. The quantitative estimate of drug-likeness (QED) is 0.266. The minimum Gasteiger partial charge on any atom is -0.353 e. The summed E-state index contributed by atoms with van der Waals surface area (Å²) >= 11 is 0. The summed E-state index contributed by atoms with van der Waals surface area (Å²) in [6.45, 7) is -0.878. The molecule has 2 amide bonds. The van der Waals surface area contributed by atoms with Crippen LogP contribution in [0.5, 0.6) is 0 Å². The van der Waals surface area contributed by atoms with Crippen molar-refractivity contribution in [3.63, 3.8) is 0 Å². The van der Waals surface area contributed by atoms with E-state index in [2.05, 4.69) is 10.6 Å². The molecule has 7 nitrogen and oxygen atoms in total. The summed E-state index contributed by atoms with van der Waals surface area (Å²) in [4.78, 5) is 23.8. The second-order valence-corrected chi connectivity index (χ2v) is 7.83. The number of hydrogen-bond acceptors (Lipinski definition) is 5. The topological polar surface area (TPSA) is 85.9 Å². The standard InChI is InChI=1S/C20H32F6N2O5/c1-31-18-32-14(12-27-16(29)8-4-2-6-10-19(21,22)23)15(33-18)13-28-17(30)9-5-3-7-11-20(24,25)26/h14-15,18H,2-13H2,1H3,(H,27,29)(H,28,30). The molecule has 0 bridgehead atoms. The molecule has 0 spiro atoms. The van der Waals surface area contributed by atoms with Crippen molar-refractivity contribution in [1.29, 1.82) is 0 Å². The second kappa shape index (κ2) is 14.6. The molecule has 0 aromatic rings. The van der Waals surface area contributed by atoms with Crippen LogP contribution in [-0.4, -0.2) is 63.1 Å². The highest BCUT2D eigenvalue weighted by Gasteiger charge is 2.36. The fraction of sp³-hybridized carbons (Fsp3) is 0.900. The van der Waals surface area contributed by atoms with Crippen LogP contribution in [0.2, 0.25) is 0 Å². The van der Waals surface area contributed by atoms with E-state index >= 15 is 0 Å². The van der Waals surface area contributed by atoms with Crippen LogP contribution < -0.4 is 10.6 Å². The van der Waals surface area contributed by atoms with Gasteiger partial charge in [0.05, 0.1) is 0 Å². The number of hydrogen-bond donors (Lipinski definition) is 2. The molecular weight excluding hydrogens is 462 g/mol. The summed E-state index contributed by atoms with van der Waals surface area (Å²) in [5.74, 6) is -0.679.